The molecule has 0 bridgehead atoms. The first-order valence-corrected chi connectivity index (χ1v) is 9.44. The van der Waals surface area contributed by atoms with Crippen molar-refractivity contribution in [2.45, 2.75) is 39.7 Å². The van der Waals surface area contributed by atoms with E-state index in [-0.39, 0.29) is 5.41 Å². The molecule has 0 N–H and O–H groups in total. The number of rotatable bonds is 8. The van der Waals surface area contributed by atoms with Gasteiger partial charge >= 0.3 is 0 Å². The van der Waals surface area contributed by atoms with Crippen molar-refractivity contribution in [2.75, 3.05) is 26.3 Å². The second-order valence-electron chi connectivity index (χ2n) is 7.44. The summed E-state index contributed by atoms with van der Waals surface area (Å²) in [6, 6.07) is 13.2. The number of pyridine rings is 1. The molecule has 3 rings (SSSR count). The van der Waals surface area contributed by atoms with Gasteiger partial charge in [-0.2, -0.15) is 0 Å². The van der Waals surface area contributed by atoms with Gasteiger partial charge in [0.2, 0.25) is 0 Å². The molecule has 25 heavy (non-hydrogen) atoms. The number of aryl methyl sites for hydroxylation is 2. The lowest BCUT2D eigenvalue weighted by Crippen LogP contribution is -2.32. The van der Waals surface area contributed by atoms with Crippen LogP contribution in [0.15, 0.2) is 48.8 Å². The largest absolute Gasteiger partial charge is 0.381 e. The van der Waals surface area contributed by atoms with Crippen molar-refractivity contribution in [2.24, 2.45) is 5.41 Å². The number of hydrogen-bond acceptors (Lipinski definition) is 3. The van der Waals surface area contributed by atoms with E-state index in [9.17, 15) is 0 Å². The summed E-state index contributed by atoms with van der Waals surface area (Å²) in [5.41, 5.74) is 4.35. The Morgan fingerprint density at radius 1 is 1.16 bits per heavy atom. The van der Waals surface area contributed by atoms with Crippen LogP contribution in [-0.4, -0.2) is 36.2 Å². The third kappa shape index (κ3) is 5.13. The van der Waals surface area contributed by atoms with Crippen LogP contribution in [0.1, 0.15) is 36.5 Å². The van der Waals surface area contributed by atoms with Crippen molar-refractivity contribution in [3.8, 4) is 0 Å². The Balaban J connectivity index is 1.61. The lowest BCUT2D eigenvalue weighted by molar-refractivity contribution is 0.0489. The maximum absolute atomic E-state index is 5.89. The zero-order valence-electron chi connectivity index (χ0n) is 15.6. The molecule has 1 aliphatic rings. The minimum Gasteiger partial charge on any atom is -0.381 e. The second-order valence-corrected chi connectivity index (χ2v) is 7.44. The van der Waals surface area contributed by atoms with Gasteiger partial charge in [0, 0.05) is 37.5 Å². The van der Waals surface area contributed by atoms with Gasteiger partial charge in [0.25, 0.3) is 0 Å². The molecule has 0 radical (unpaired) electrons. The van der Waals surface area contributed by atoms with E-state index in [2.05, 4.69) is 54.1 Å². The van der Waals surface area contributed by atoms with Gasteiger partial charge in [-0.15, -0.1) is 0 Å². The van der Waals surface area contributed by atoms with Gasteiger partial charge in [0.05, 0.1) is 6.61 Å². The van der Waals surface area contributed by atoms with Crippen LogP contribution in [-0.2, 0) is 17.7 Å². The molecule has 0 aliphatic carbocycles. The van der Waals surface area contributed by atoms with Gasteiger partial charge in [0.1, 0.15) is 0 Å². The maximum Gasteiger partial charge on any atom is 0.0535 e. The van der Waals surface area contributed by atoms with Crippen LogP contribution in [0.4, 0.5) is 0 Å². The molecular weight excluding hydrogens is 308 g/mol. The molecule has 3 heteroatoms. The summed E-state index contributed by atoms with van der Waals surface area (Å²) in [5.74, 6) is 0. The third-order valence-corrected chi connectivity index (χ3v) is 5.32. The number of benzene rings is 1. The highest BCUT2D eigenvalue weighted by atomic mass is 16.5. The normalized spacial score (nSPS) is 20.9. The summed E-state index contributed by atoms with van der Waals surface area (Å²) < 4.78 is 5.89. The first kappa shape index (κ1) is 18.1. The fourth-order valence-electron chi connectivity index (χ4n) is 3.79. The second kappa shape index (κ2) is 8.59. The number of likely N-dealkylation sites (tertiary alicyclic amines) is 1. The Hall–Kier alpha value is -1.71. The molecule has 0 spiro atoms. The molecule has 1 aromatic heterocycles. The molecule has 1 saturated heterocycles. The predicted molar refractivity (Wildman–Crippen MR) is 103 cm³/mol. The average molecular weight is 338 g/mol. The van der Waals surface area contributed by atoms with E-state index in [4.69, 9.17) is 4.74 Å². The van der Waals surface area contributed by atoms with Crippen molar-refractivity contribution in [1.82, 2.24) is 9.88 Å². The van der Waals surface area contributed by atoms with Crippen molar-refractivity contribution in [1.29, 1.82) is 0 Å². The summed E-state index contributed by atoms with van der Waals surface area (Å²) in [5, 5.41) is 0. The van der Waals surface area contributed by atoms with Crippen LogP contribution in [0.5, 0.6) is 0 Å². The van der Waals surface area contributed by atoms with Crippen LogP contribution in [0.3, 0.4) is 0 Å². The van der Waals surface area contributed by atoms with Gasteiger partial charge in [-0.1, -0.05) is 35.9 Å². The zero-order valence-corrected chi connectivity index (χ0v) is 15.6. The molecule has 0 unspecified atom stereocenters. The van der Waals surface area contributed by atoms with E-state index in [0.717, 1.165) is 39.3 Å². The minimum absolute atomic E-state index is 0.281. The Labute approximate surface area is 152 Å². The highest BCUT2D eigenvalue weighted by molar-refractivity contribution is 5.21. The Morgan fingerprint density at radius 3 is 2.72 bits per heavy atom. The monoisotopic (exact) mass is 338 g/mol. The van der Waals surface area contributed by atoms with Crippen LogP contribution >= 0.6 is 0 Å². The molecule has 1 fully saturated rings. The standard InChI is InChI=1S/C22H30N2O/c1-3-25-18-22(11-10-20-8-6-19(2)7-9-20)12-14-24(17-22)16-21-5-4-13-23-15-21/h4-9,13,15H,3,10-12,14,16-18H2,1-2H3/t22-/m1/s1. The number of aromatic nitrogens is 1. The molecule has 134 valence electrons. The molecule has 3 nitrogen and oxygen atoms in total. The van der Waals surface area contributed by atoms with Crippen molar-refractivity contribution in [3.63, 3.8) is 0 Å². The fourth-order valence-corrected chi connectivity index (χ4v) is 3.79. The van der Waals surface area contributed by atoms with E-state index in [1.165, 1.54) is 29.5 Å². The summed E-state index contributed by atoms with van der Waals surface area (Å²) in [7, 11) is 0. The van der Waals surface area contributed by atoms with E-state index in [1.54, 1.807) is 0 Å². The SMILES string of the molecule is CCOC[C@]1(CCc2ccc(C)cc2)CCN(Cc2cccnc2)C1. The minimum atomic E-state index is 0.281. The highest BCUT2D eigenvalue weighted by Gasteiger charge is 2.37. The first-order chi connectivity index (χ1) is 12.2. The summed E-state index contributed by atoms with van der Waals surface area (Å²) in [6.45, 7) is 9.17. The maximum atomic E-state index is 5.89. The smallest absolute Gasteiger partial charge is 0.0535 e. The average Bonchev–Trinajstić information content (AvgIpc) is 3.04. The third-order valence-electron chi connectivity index (χ3n) is 5.32. The Bertz CT molecular complexity index is 641. The summed E-state index contributed by atoms with van der Waals surface area (Å²) in [4.78, 5) is 6.81. The van der Waals surface area contributed by atoms with E-state index in [0.29, 0.717) is 0 Å². The van der Waals surface area contributed by atoms with Crippen molar-refractivity contribution >= 4 is 0 Å². The van der Waals surface area contributed by atoms with Crippen LogP contribution in [0.2, 0.25) is 0 Å². The molecule has 0 saturated carbocycles. The molecule has 1 aromatic carbocycles. The van der Waals surface area contributed by atoms with Crippen molar-refractivity contribution < 1.29 is 4.74 Å². The van der Waals surface area contributed by atoms with Gasteiger partial charge in [-0.05, 0) is 56.8 Å². The van der Waals surface area contributed by atoms with Crippen LogP contribution in [0.25, 0.3) is 0 Å². The first-order valence-electron chi connectivity index (χ1n) is 9.44. The topological polar surface area (TPSA) is 25.4 Å². The molecule has 1 aliphatic heterocycles. The van der Waals surface area contributed by atoms with E-state index < -0.39 is 0 Å². The highest BCUT2D eigenvalue weighted by Crippen LogP contribution is 2.36. The molecule has 2 heterocycles. The fraction of sp³-hybridized carbons (Fsp3) is 0.500. The molecule has 0 amide bonds. The van der Waals surface area contributed by atoms with Gasteiger partial charge < -0.3 is 4.74 Å². The number of hydrogen-bond donors (Lipinski definition) is 0. The predicted octanol–water partition coefficient (Wildman–Crippen LogP) is 4.25. The van der Waals surface area contributed by atoms with E-state index >= 15 is 0 Å². The molecule has 1 atom stereocenters. The van der Waals surface area contributed by atoms with Gasteiger partial charge in [-0.25, -0.2) is 0 Å². The van der Waals surface area contributed by atoms with Crippen LogP contribution in [0, 0.1) is 12.3 Å². The summed E-state index contributed by atoms with van der Waals surface area (Å²) in [6.07, 6.45) is 7.37. The van der Waals surface area contributed by atoms with E-state index in [1.807, 2.05) is 18.5 Å². The Kier molecular flexibility index (Phi) is 6.22. The number of ether oxygens (including phenoxy) is 1. The van der Waals surface area contributed by atoms with Gasteiger partial charge in [-0.3, -0.25) is 9.88 Å². The van der Waals surface area contributed by atoms with Crippen LogP contribution < -0.4 is 0 Å². The van der Waals surface area contributed by atoms with Gasteiger partial charge in [0.15, 0.2) is 0 Å². The van der Waals surface area contributed by atoms with Crippen molar-refractivity contribution in [3.05, 3.63) is 65.5 Å². The quantitative estimate of drug-likeness (QED) is 0.719. The number of nitrogens with zero attached hydrogens (tertiary/aromatic N) is 2. The summed E-state index contributed by atoms with van der Waals surface area (Å²) >= 11 is 0. The zero-order chi connectivity index (χ0) is 17.5. The lowest BCUT2D eigenvalue weighted by Gasteiger charge is -2.29. The molecule has 2 aromatic rings. The lowest BCUT2D eigenvalue weighted by atomic mass is 9.82. The Morgan fingerprint density at radius 2 is 2.00 bits per heavy atom. The molecular formula is C22H30N2O.